The monoisotopic (exact) mass is 343 g/mol. The number of sulfone groups is 1. The van der Waals surface area contributed by atoms with Crippen molar-refractivity contribution >= 4 is 27.5 Å². The van der Waals surface area contributed by atoms with Crippen LogP contribution in [0.3, 0.4) is 0 Å². The van der Waals surface area contributed by atoms with Crippen molar-refractivity contribution in [3.05, 3.63) is 12.3 Å². The van der Waals surface area contributed by atoms with Gasteiger partial charge >= 0.3 is 5.97 Å². The zero-order valence-corrected chi connectivity index (χ0v) is 13.8. The summed E-state index contributed by atoms with van der Waals surface area (Å²) in [5.41, 5.74) is 0. The molecule has 1 aliphatic heterocycles. The molecule has 1 atom stereocenters. The Morgan fingerprint density at radius 1 is 1.48 bits per heavy atom. The molecule has 0 aromatic carbocycles. The summed E-state index contributed by atoms with van der Waals surface area (Å²) >= 11 is 0. The van der Waals surface area contributed by atoms with Crippen LogP contribution in [0.5, 0.6) is 0 Å². The van der Waals surface area contributed by atoms with E-state index in [1.165, 1.54) is 0 Å². The lowest BCUT2D eigenvalue weighted by atomic mass is 10.1. The first kappa shape index (κ1) is 17.5. The predicted molar refractivity (Wildman–Crippen MR) is 83.5 cm³/mol. The predicted octanol–water partition coefficient (Wildman–Crippen LogP) is 0.600. The zero-order valence-electron chi connectivity index (χ0n) is 13.0. The van der Waals surface area contributed by atoms with Crippen molar-refractivity contribution in [1.29, 1.82) is 0 Å². The minimum Gasteiger partial charge on any atom is -0.456 e. The number of ether oxygens (including phenoxy) is 1. The van der Waals surface area contributed by atoms with Crippen LogP contribution < -0.4 is 5.32 Å². The summed E-state index contributed by atoms with van der Waals surface area (Å²) in [6.45, 7) is 2.28. The zero-order chi connectivity index (χ0) is 16.9. The molecule has 2 heterocycles. The maximum atomic E-state index is 11.8. The topological polar surface area (TPSA) is 107 Å². The van der Waals surface area contributed by atoms with Crippen molar-refractivity contribution in [3.8, 4) is 0 Å². The smallest absolute Gasteiger partial charge is 0.306 e. The lowest BCUT2D eigenvalue weighted by Crippen LogP contribution is -2.23. The molecule has 1 fully saturated rings. The summed E-state index contributed by atoms with van der Waals surface area (Å²) in [7, 11) is -3.01. The summed E-state index contributed by atoms with van der Waals surface area (Å²) in [4.78, 5) is 23.5. The van der Waals surface area contributed by atoms with Crippen molar-refractivity contribution in [1.82, 2.24) is 9.78 Å². The van der Waals surface area contributed by atoms with Crippen LogP contribution in [0.15, 0.2) is 12.3 Å². The summed E-state index contributed by atoms with van der Waals surface area (Å²) in [6, 6.07) is 1.67. The number of nitrogens with one attached hydrogen (secondary N) is 1. The molecule has 1 aromatic heterocycles. The number of aryl methyl sites for hydroxylation is 1. The molecule has 1 amide bonds. The molecule has 9 heteroatoms. The summed E-state index contributed by atoms with van der Waals surface area (Å²) < 4.78 is 29.2. The van der Waals surface area contributed by atoms with Crippen LogP contribution in [-0.4, -0.2) is 48.2 Å². The first-order chi connectivity index (χ1) is 10.9. The van der Waals surface area contributed by atoms with Crippen LogP contribution in [-0.2, 0) is 30.7 Å². The minimum atomic E-state index is -3.01. The molecule has 1 saturated heterocycles. The molecule has 0 unspecified atom stereocenters. The van der Waals surface area contributed by atoms with Gasteiger partial charge in [0, 0.05) is 19.0 Å². The molecule has 1 aliphatic rings. The number of rotatable bonds is 7. The number of carbonyl (C=O) groups is 2. The van der Waals surface area contributed by atoms with Gasteiger partial charge in [-0.05, 0) is 18.8 Å². The average molecular weight is 343 g/mol. The van der Waals surface area contributed by atoms with E-state index in [-0.39, 0.29) is 23.8 Å². The van der Waals surface area contributed by atoms with Gasteiger partial charge in [-0.15, -0.1) is 0 Å². The van der Waals surface area contributed by atoms with Gasteiger partial charge < -0.3 is 10.1 Å². The first-order valence-electron chi connectivity index (χ1n) is 7.57. The van der Waals surface area contributed by atoms with Gasteiger partial charge in [0.05, 0.1) is 17.7 Å². The van der Waals surface area contributed by atoms with Crippen molar-refractivity contribution in [2.24, 2.45) is 5.92 Å². The third kappa shape index (κ3) is 5.34. The fraction of sp³-hybridized carbons (Fsp3) is 0.643. The van der Waals surface area contributed by atoms with E-state index in [4.69, 9.17) is 4.74 Å². The van der Waals surface area contributed by atoms with Crippen LogP contribution in [0.25, 0.3) is 0 Å². The van der Waals surface area contributed by atoms with Gasteiger partial charge in [0.25, 0.3) is 5.91 Å². The van der Waals surface area contributed by atoms with Crippen LogP contribution >= 0.6 is 0 Å². The third-order valence-electron chi connectivity index (χ3n) is 3.57. The summed E-state index contributed by atoms with van der Waals surface area (Å²) in [5.74, 6) is -0.520. The number of aromatic nitrogens is 2. The third-order valence-corrected chi connectivity index (χ3v) is 5.40. The number of carbonyl (C=O) groups excluding carboxylic acids is 2. The Bertz CT molecular complexity index is 668. The fourth-order valence-corrected chi connectivity index (χ4v) is 4.34. The SMILES string of the molecule is CCCn1nccc1NC(=O)COC(=O)C[C@@H]1CCS(=O)(=O)C1. The molecule has 0 aliphatic carbocycles. The second-order valence-corrected chi connectivity index (χ2v) is 7.85. The molecule has 0 bridgehead atoms. The average Bonchev–Trinajstić information content (AvgIpc) is 3.04. The van der Waals surface area contributed by atoms with Crippen LogP contribution in [0, 0.1) is 5.92 Å². The second-order valence-electron chi connectivity index (χ2n) is 5.62. The molecule has 0 spiro atoms. The van der Waals surface area contributed by atoms with Gasteiger partial charge in [-0.2, -0.15) is 5.10 Å². The van der Waals surface area contributed by atoms with Crippen molar-refractivity contribution < 1.29 is 22.7 Å². The fourth-order valence-electron chi connectivity index (χ4n) is 2.48. The maximum Gasteiger partial charge on any atom is 0.306 e. The quantitative estimate of drug-likeness (QED) is 0.727. The Balaban J connectivity index is 1.73. The first-order valence-corrected chi connectivity index (χ1v) is 9.39. The van der Waals surface area contributed by atoms with Gasteiger partial charge in [0.15, 0.2) is 16.4 Å². The van der Waals surface area contributed by atoms with Gasteiger partial charge in [-0.1, -0.05) is 6.92 Å². The molecule has 0 radical (unpaired) electrons. The number of nitrogens with zero attached hydrogens (tertiary/aromatic N) is 2. The Kier molecular flexibility index (Phi) is 5.75. The Hall–Kier alpha value is -1.90. The van der Waals surface area contributed by atoms with Crippen molar-refractivity contribution in [2.75, 3.05) is 23.4 Å². The van der Waals surface area contributed by atoms with Crippen LogP contribution in [0.4, 0.5) is 5.82 Å². The van der Waals surface area contributed by atoms with E-state index in [1.807, 2.05) is 6.92 Å². The van der Waals surface area contributed by atoms with E-state index in [2.05, 4.69) is 10.4 Å². The van der Waals surface area contributed by atoms with E-state index < -0.39 is 28.3 Å². The summed E-state index contributed by atoms with van der Waals surface area (Å²) in [6.07, 6.45) is 2.96. The number of hydrogen-bond acceptors (Lipinski definition) is 6. The maximum absolute atomic E-state index is 11.8. The number of anilines is 1. The Morgan fingerprint density at radius 3 is 2.91 bits per heavy atom. The standard InChI is InChI=1S/C14H21N3O5S/c1-2-6-17-12(3-5-15-17)16-13(18)9-22-14(19)8-11-4-7-23(20,21)10-11/h3,5,11H,2,4,6-10H2,1H3,(H,16,18)/t11-/m0/s1. The highest BCUT2D eigenvalue weighted by Gasteiger charge is 2.30. The van der Waals surface area contributed by atoms with Gasteiger partial charge in [0.2, 0.25) is 0 Å². The minimum absolute atomic E-state index is 0.0184. The Labute approximate surface area is 135 Å². The molecule has 8 nitrogen and oxygen atoms in total. The highest BCUT2D eigenvalue weighted by Crippen LogP contribution is 2.21. The van der Waals surface area contributed by atoms with Crippen LogP contribution in [0.2, 0.25) is 0 Å². The van der Waals surface area contributed by atoms with Gasteiger partial charge in [-0.25, -0.2) is 13.1 Å². The molecule has 23 heavy (non-hydrogen) atoms. The molecular weight excluding hydrogens is 322 g/mol. The van der Waals surface area contributed by atoms with E-state index in [0.717, 1.165) is 6.42 Å². The lowest BCUT2D eigenvalue weighted by molar-refractivity contribution is -0.148. The molecule has 1 aromatic rings. The molecule has 128 valence electrons. The number of hydrogen-bond donors (Lipinski definition) is 1. The van der Waals surface area contributed by atoms with Gasteiger partial charge in [-0.3, -0.25) is 9.59 Å². The van der Waals surface area contributed by atoms with Gasteiger partial charge in [0.1, 0.15) is 5.82 Å². The van der Waals surface area contributed by atoms with Crippen LogP contribution in [0.1, 0.15) is 26.2 Å². The highest BCUT2D eigenvalue weighted by atomic mass is 32.2. The number of amides is 1. The highest BCUT2D eigenvalue weighted by molar-refractivity contribution is 7.91. The van der Waals surface area contributed by atoms with E-state index in [0.29, 0.717) is 18.8 Å². The number of esters is 1. The van der Waals surface area contributed by atoms with E-state index in [1.54, 1.807) is 16.9 Å². The lowest BCUT2D eigenvalue weighted by Gasteiger charge is -2.10. The Morgan fingerprint density at radius 2 is 2.26 bits per heavy atom. The second kappa shape index (κ2) is 7.58. The van der Waals surface area contributed by atoms with Crippen molar-refractivity contribution in [2.45, 2.75) is 32.7 Å². The normalized spacial score (nSPS) is 19.4. The largest absolute Gasteiger partial charge is 0.456 e. The molecule has 2 rings (SSSR count). The summed E-state index contributed by atoms with van der Waals surface area (Å²) in [5, 5.41) is 6.70. The van der Waals surface area contributed by atoms with E-state index >= 15 is 0 Å². The molecule has 1 N–H and O–H groups in total. The van der Waals surface area contributed by atoms with Crippen molar-refractivity contribution in [3.63, 3.8) is 0 Å². The van der Waals surface area contributed by atoms with E-state index in [9.17, 15) is 18.0 Å². The molecule has 0 saturated carbocycles. The molecular formula is C14H21N3O5S.